The molecule has 1 N–H and O–H groups in total. The zero-order valence-electron chi connectivity index (χ0n) is 17.4. The Morgan fingerprint density at radius 1 is 1.30 bits per heavy atom. The second-order valence-corrected chi connectivity index (χ2v) is 8.29. The van der Waals surface area contributed by atoms with Crippen LogP contribution in [0.25, 0.3) is 0 Å². The number of rotatable bonds is 5. The van der Waals surface area contributed by atoms with Crippen LogP contribution < -0.4 is 5.32 Å². The highest BCUT2D eigenvalue weighted by Crippen LogP contribution is 2.22. The normalized spacial score (nSPS) is 27.8. The zero-order valence-corrected chi connectivity index (χ0v) is 17.4. The van der Waals surface area contributed by atoms with E-state index in [0.717, 1.165) is 49.4 Å². The van der Waals surface area contributed by atoms with E-state index >= 15 is 0 Å². The Bertz CT molecular complexity index is 605. The molecule has 2 aliphatic heterocycles. The van der Waals surface area contributed by atoms with Gasteiger partial charge in [-0.1, -0.05) is 13.8 Å². The molecule has 152 valence electrons. The fraction of sp³-hybridized carbons (Fsp3) is 0.800. The van der Waals surface area contributed by atoms with Crippen molar-refractivity contribution in [3.05, 3.63) is 18.0 Å². The third-order valence-electron chi connectivity index (χ3n) is 5.55. The van der Waals surface area contributed by atoms with Crippen LogP contribution in [-0.4, -0.2) is 78.5 Å². The van der Waals surface area contributed by atoms with Crippen molar-refractivity contribution >= 4 is 5.96 Å². The fourth-order valence-corrected chi connectivity index (χ4v) is 4.46. The SMILES string of the molecule is CN=C(NCCCN1CC(C)CC(C)C1)N1CCOC(c2cnn(C)c2)C1. The highest BCUT2D eigenvalue weighted by molar-refractivity contribution is 5.80. The molecule has 3 rings (SSSR count). The van der Waals surface area contributed by atoms with Crippen molar-refractivity contribution in [2.45, 2.75) is 32.8 Å². The predicted molar refractivity (Wildman–Crippen MR) is 109 cm³/mol. The van der Waals surface area contributed by atoms with E-state index in [9.17, 15) is 0 Å². The number of morpholine rings is 1. The van der Waals surface area contributed by atoms with Gasteiger partial charge in [0.05, 0.1) is 19.3 Å². The minimum Gasteiger partial charge on any atom is -0.370 e. The van der Waals surface area contributed by atoms with Gasteiger partial charge in [-0.3, -0.25) is 9.67 Å². The molecule has 0 bridgehead atoms. The molecule has 2 aliphatic rings. The van der Waals surface area contributed by atoms with Crippen LogP contribution in [0.3, 0.4) is 0 Å². The van der Waals surface area contributed by atoms with Crippen molar-refractivity contribution in [2.24, 2.45) is 23.9 Å². The van der Waals surface area contributed by atoms with Gasteiger partial charge in [-0.15, -0.1) is 0 Å². The quantitative estimate of drug-likeness (QED) is 0.482. The van der Waals surface area contributed by atoms with Gasteiger partial charge in [0.2, 0.25) is 0 Å². The summed E-state index contributed by atoms with van der Waals surface area (Å²) in [6.07, 6.45) is 6.50. The first-order valence-corrected chi connectivity index (χ1v) is 10.3. The molecule has 0 saturated carbocycles. The molecule has 2 fully saturated rings. The number of nitrogens with one attached hydrogen (secondary N) is 1. The first-order chi connectivity index (χ1) is 13.0. The minimum atomic E-state index is 0.0577. The Morgan fingerprint density at radius 2 is 2.07 bits per heavy atom. The van der Waals surface area contributed by atoms with E-state index in [4.69, 9.17) is 4.74 Å². The number of aliphatic imine (C=N–C) groups is 1. The van der Waals surface area contributed by atoms with Gasteiger partial charge in [-0.2, -0.15) is 5.10 Å². The van der Waals surface area contributed by atoms with Gasteiger partial charge in [0.1, 0.15) is 6.10 Å². The van der Waals surface area contributed by atoms with E-state index in [1.54, 1.807) is 0 Å². The van der Waals surface area contributed by atoms with E-state index in [-0.39, 0.29) is 6.10 Å². The summed E-state index contributed by atoms with van der Waals surface area (Å²) in [6, 6.07) is 0. The predicted octanol–water partition coefficient (Wildman–Crippen LogP) is 1.74. The van der Waals surface area contributed by atoms with Crippen LogP contribution in [0.15, 0.2) is 17.4 Å². The molecule has 0 amide bonds. The average molecular weight is 377 g/mol. The van der Waals surface area contributed by atoms with Gasteiger partial charge in [0, 0.05) is 52.0 Å². The smallest absolute Gasteiger partial charge is 0.193 e. The van der Waals surface area contributed by atoms with Crippen LogP contribution in [0.4, 0.5) is 0 Å². The number of aromatic nitrogens is 2. The van der Waals surface area contributed by atoms with Gasteiger partial charge < -0.3 is 19.9 Å². The van der Waals surface area contributed by atoms with E-state index in [1.165, 1.54) is 26.1 Å². The molecule has 7 nitrogen and oxygen atoms in total. The minimum absolute atomic E-state index is 0.0577. The monoisotopic (exact) mass is 376 g/mol. The standard InChI is InChI=1S/C20H36N6O/c1-16-10-17(2)13-25(12-16)7-5-6-22-20(21-3)26-8-9-27-19(15-26)18-11-23-24(4)14-18/h11,14,16-17,19H,5-10,12-13,15H2,1-4H3,(H,21,22). The van der Waals surface area contributed by atoms with Gasteiger partial charge in [0.15, 0.2) is 5.96 Å². The molecular formula is C20H36N6O. The van der Waals surface area contributed by atoms with Gasteiger partial charge in [-0.25, -0.2) is 0 Å². The molecular weight excluding hydrogens is 340 g/mol. The summed E-state index contributed by atoms with van der Waals surface area (Å²) in [5, 5.41) is 7.82. The average Bonchev–Trinajstić information content (AvgIpc) is 3.08. The van der Waals surface area contributed by atoms with Crippen molar-refractivity contribution in [3.8, 4) is 0 Å². The largest absolute Gasteiger partial charge is 0.370 e. The molecule has 7 heteroatoms. The number of aryl methyl sites for hydroxylation is 1. The van der Waals surface area contributed by atoms with Crippen LogP contribution in [0.5, 0.6) is 0 Å². The van der Waals surface area contributed by atoms with Crippen molar-refractivity contribution in [2.75, 3.05) is 52.9 Å². The molecule has 0 spiro atoms. The molecule has 3 heterocycles. The number of ether oxygens (including phenoxy) is 1. The third-order valence-corrected chi connectivity index (χ3v) is 5.55. The maximum absolute atomic E-state index is 5.94. The molecule has 2 saturated heterocycles. The first kappa shape index (κ1) is 20.1. The fourth-order valence-electron chi connectivity index (χ4n) is 4.46. The molecule has 0 aliphatic carbocycles. The maximum atomic E-state index is 5.94. The Morgan fingerprint density at radius 3 is 2.74 bits per heavy atom. The lowest BCUT2D eigenvalue weighted by Crippen LogP contribution is -2.48. The van der Waals surface area contributed by atoms with E-state index < -0.39 is 0 Å². The Hall–Kier alpha value is -1.60. The highest BCUT2D eigenvalue weighted by Gasteiger charge is 2.25. The Labute approximate surface area is 163 Å². The number of nitrogens with zero attached hydrogens (tertiary/aromatic N) is 5. The van der Waals surface area contributed by atoms with Crippen molar-refractivity contribution < 1.29 is 4.74 Å². The molecule has 0 radical (unpaired) electrons. The molecule has 27 heavy (non-hydrogen) atoms. The van der Waals surface area contributed by atoms with Crippen LogP contribution in [0.1, 0.15) is 38.4 Å². The second kappa shape index (κ2) is 9.55. The third kappa shape index (κ3) is 5.69. The summed E-state index contributed by atoms with van der Waals surface area (Å²) in [7, 11) is 3.80. The van der Waals surface area contributed by atoms with Gasteiger partial charge in [0.25, 0.3) is 0 Å². The summed E-state index contributed by atoms with van der Waals surface area (Å²) in [6.45, 7) is 11.8. The number of hydrogen-bond acceptors (Lipinski definition) is 4. The number of piperidine rings is 1. The number of likely N-dealkylation sites (tertiary alicyclic amines) is 1. The van der Waals surface area contributed by atoms with Crippen LogP contribution in [0.2, 0.25) is 0 Å². The molecule has 1 aromatic rings. The summed E-state index contributed by atoms with van der Waals surface area (Å²) in [5.41, 5.74) is 1.13. The van der Waals surface area contributed by atoms with E-state index in [2.05, 4.69) is 39.1 Å². The number of guanidine groups is 1. The highest BCUT2D eigenvalue weighted by atomic mass is 16.5. The maximum Gasteiger partial charge on any atom is 0.193 e. The van der Waals surface area contributed by atoms with Crippen LogP contribution >= 0.6 is 0 Å². The number of hydrogen-bond donors (Lipinski definition) is 1. The summed E-state index contributed by atoms with van der Waals surface area (Å²) < 4.78 is 7.77. The zero-order chi connectivity index (χ0) is 19.2. The summed E-state index contributed by atoms with van der Waals surface area (Å²) in [5.74, 6) is 2.63. The molecule has 3 atom stereocenters. The summed E-state index contributed by atoms with van der Waals surface area (Å²) >= 11 is 0. The molecule has 0 aromatic carbocycles. The molecule has 1 aromatic heterocycles. The Kier molecular flexibility index (Phi) is 7.13. The van der Waals surface area contributed by atoms with E-state index in [0.29, 0.717) is 6.61 Å². The topological polar surface area (TPSA) is 57.9 Å². The van der Waals surface area contributed by atoms with Crippen LogP contribution in [0, 0.1) is 11.8 Å². The van der Waals surface area contributed by atoms with Crippen molar-refractivity contribution in [1.29, 1.82) is 0 Å². The van der Waals surface area contributed by atoms with Gasteiger partial charge >= 0.3 is 0 Å². The lowest BCUT2D eigenvalue weighted by Gasteiger charge is -2.36. The molecule has 3 unspecified atom stereocenters. The van der Waals surface area contributed by atoms with E-state index in [1.807, 2.05) is 31.2 Å². The second-order valence-electron chi connectivity index (χ2n) is 8.29. The summed E-state index contributed by atoms with van der Waals surface area (Å²) in [4.78, 5) is 9.41. The Balaban J connectivity index is 1.43. The van der Waals surface area contributed by atoms with Crippen molar-refractivity contribution in [3.63, 3.8) is 0 Å². The lowest BCUT2D eigenvalue weighted by atomic mass is 9.92. The lowest BCUT2D eigenvalue weighted by molar-refractivity contribution is -0.00803. The van der Waals surface area contributed by atoms with Crippen molar-refractivity contribution in [1.82, 2.24) is 24.9 Å². The van der Waals surface area contributed by atoms with Gasteiger partial charge in [-0.05, 0) is 31.2 Å². The first-order valence-electron chi connectivity index (χ1n) is 10.3. The van der Waals surface area contributed by atoms with Crippen LogP contribution in [-0.2, 0) is 11.8 Å².